The summed E-state index contributed by atoms with van der Waals surface area (Å²) in [5, 5.41) is 4.52. The number of carbonyl (C=O) groups is 1. The number of primary amides is 1. The normalized spacial score (nSPS) is 19.4. The first-order valence-corrected chi connectivity index (χ1v) is 13.1. The Bertz CT molecular complexity index is 1030. The van der Waals surface area contributed by atoms with Crippen LogP contribution in [0, 0.1) is 6.92 Å². The number of nitrogens with one attached hydrogen (secondary N) is 2. The van der Waals surface area contributed by atoms with Gasteiger partial charge in [-0.25, -0.2) is 12.7 Å². The summed E-state index contributed by atoms with van der Waals surface area (Å²) in [5.41, 5.74) is 8.98. The zero-order chi connectivity index (χ0) is 22.0. The molecule has 0 bridgehead atoms. The lowest BCUT2D eigenvalue weighted by Crippen LogP contribution is -2.40. The fraction of sp³-hybridized carbons (Fsp3) is 0.609. The number of aromatic nitrogens is 1. The molecule has 4 N–H and O–H groups in total. The molecule has 2 fully saturated rings. The Morgan fingerprint density at radius 3 is 2.58 bits per heavy atom. The second-order valence-electron chi connectivity index (χ2n) is 9.12. The van der Waals surface area contributed by atoms with Crippen LogP contribution in [-0.4, -0.2) is 55.0 Å². The van der Waals surface area contributed by atoms with Gasteiger partial charge in [0.25, 0.3) is 5.91 Å². The molecule has 1 aliphatic carbocycles. The van der Waals surface area contributed by atoms with Crippen molar-refractivity contribution in [1.29, 1.82) is 0 Å². The SMILES string of the molecule is Cc1cc(C(N)=O)c2[nH]cc(C3CCN(S(=O)(=O)CCCNC4CCCC4)CC3)c2c1. The van der Waals surface area contributed by atoms with Gasteiger partial charge in [0.05, 0.1) is 16.8 Å². The maximum atomic E-state index is 12.8. The molecule has 1 aliphatic heterocycles. The van der Waals surface area contributed by atoms with Gasteiger partial charge in [0.15, 0.2) is 0 Å². The first-order valence-electron chi connectivity index (χ1n) is 11.5. The van der Waals surface area contributed by atoms with Crippen molar-refractivity contribution in [2.45, 2.75) is 63.8 Å². The number of carbonyl (C=O) groups excluding carboxylic acids is 1. The van der Waals surface area contributed by atoms with Gasteiger partial charge < -0.3 is 16.0 Å². The van der Waals surface area contributed by atoms with Crippen LogP contribution in [0.3, 0.4) is 0 Å². The summed E-state index contributed by atoms with van der Waals surface area (Å²) in [7, 11) is -3.21. The molecule has 1 saturated carbocycles. The fourth-order valence-electron chi connectivity index (χ4n) is 5.19. The molecule has 4 rings (SSSR count). The van der Waals surface area contributed by atoms with Crippen molar-refractivity contribution in [1.82, 2.24) is 14.6 Å². The molecular formula is C23H34N4O3S. The summed E-state index contributed by atoms with van der Waals surface area (Å²) in [5.74, 6) is 0.0447. The van der Waals surface area contributed by atoms with Crippen LogP contribution in [0.25, 0.3) is 10.9 Å². The standard InChI is InChI=1S/C23H34N4O3S/c1-16-13-19-21(15-26-22(19)20(14-16)23(24)28)17-7-10-27(11-8-17)31(29,30)12-4-9-25-18-5-2-3-6-18/h13-15,17-18,25-26H,2-12H2,1H3,(H2,24,28). The molecule has 0 spiro atoms. The molecule has 0 atom stereocenters. The van der Waals surface area contributed by atoms with Crippen molar-refractivity contribution in [3.05, 3.63) is 35.0 Å². The first-order chi connectivity index (χ1) is 14.8. The Morgan fingerprint density at radius 2 is 1.90 bits per heavy atom. The number of sulfonamides is 1. The highest BCUT2D eigenvalue weighted by Gasteiger charge is 2.30. The molecule has 2 aromatic rings. The van der Waals surface area contributed by atoms with Gasteiger partial charge in [-0.1, -0.05) is 12.8 Å². The first kappa shape index (κ1) is 22.3. The van der Waals surface area contributed by atoms with E-state index >= 15 is 0 Å². The number of rotatable bonds is 8. The molecule has 1 amide bonds. The third-order valence-corrected chi connectivity index (χ3v) is 8.84. The average Bonchev–Trinajstić information content (AvgIpc) is 3.40. The number of fused-ring (bicyclic) bond motifs is 1. The summed E-state index contributed by atoms with van der Waals surface area (Å²) >= 11 is 0. The van der Waals surface area contributed by atoms with E-state index in [2.05, 4.69) is 16.4 Å². The van der Waals surface area contributed by atoms with E-state index in [1.54, 1.807) is 4.31 Å². The van der Waals surface area contributed by atoms with Gasteiger partial charge in [0.1, 0.15) is 0 Å². The van der Waals surface area contributed by atoms with E-state index in [-0.39, 0.29) is 11.7 Å². The molecule has 1 aromatic heterocycles. The lowest BCUT2D eigenvalue weighted by atomic mass is 9.89. The second kappa shape index (κ2) is 9.30. The van der Waals surface area contributed by atoms with Gasteiger partial charge in [-0.15, -0.1) is 0 Å². The summed E-state index contributed by atoms with van der Waals surface area (Å²) in [6.45, 7) is 3.82. The van der Waals surface area contributed by atoms with Crippen LogP contribution in [0.2, 0.25) is 0 Å². The molecule has 0 unspecified atom stereocenters. The summed E-state index contributed by atoms with van der Waals surface area (Å²) in [4.78, 5) is 15.0. The van der Waals surface area contributed by atoms with Gasteiger partial charge >= 0.3 is 0 Å². The van der Waals surface area contributed by atoms with Gasteiger partial charge in [-0.3, -0.25) is 4.79 Å². The van der Waals surface area contributed by atoms with Crippen LogP contribution < -0.4 is 11.1 Å². The molecule has 31 heavy (non-hydrogen) atoms. The largest absolute Gasteiger partial charge is 0.366 e. The number of benzene rings is 1. The topological polar surface area (TPSA) is 108 Å². The van der Waals surface area contributed by atoms with E-state index in [4.69, 9.17) is 5.73 Å². The quantitative estimate of drug-likeness (QED) is 0.542. The molecule has 1 aromatic carbocycles. The number of piperidine rings is 1. The summed E-state index contributed by atoms with van der Waals surface area (Å²) in [6, 6.07) is 4.46. The Kier molecular flexibility index (Phi) is 6.69. The molecule has 7 nitrogen and oxygen atoms in total. The van der Waals surface area contributed by atoms with Crippen molar-refractivity contribution < 1.29 is 13.2 Å². The molecule has 8 heteroatoms. The van der Waals surface area contributed by atoms with Gasteiger partial charge in [-0.2, -0.15) is 0 Å². The van der Waals surface area contributed by atoms with E-state index in [0.717, 1.165) is 41.4 Å². The zero-order valence-corrected chi connectivity index (χ0v) is 19.1. The summed E-state index contributed by atoms with van der Waals surface area (Å²) in [6.07, 6.45) is 9.19. The number of hydrogen-bond donors (Lipinski definition) is 3. The minimum Gasteiger partial charge on any atom is -0.366 e. The van der Waals surface area contributed by atoms with E-state index in [1.807, 2.05) is 19.2 Å². The zero-order valence-electron chi connectivity index (χ0n) is 18.3. The van der Waals surface area contributed by atoms with Crippen LogP contribution in [-0.2, 0) is 10.0 Å². The number of nitrogens with two attached hydrogens (primary N) is 1. The number of aryl methyl sites for hydroxylation is 1. The van der Waals surface area contributed by atoms with Crippen LogP contribution >= 0.6 is 0 Å². The molecular weight excluding hydrogens is 412 g/mol. The maximum Gasteiger partial charge on any atom is 0.250 e. The van der Waals surface area contributed by atoms with Crippen molar-refractivity contribution in [2.75, 3.05) is 25.4 Å². The van der Waals surface area contributed by atoms with Crippen molar-refractivity contribution >= 4 is 26.8 Å². The third-order valence-electron chi connectivity index (χ3n) is 6.89. The molecule has 0 radical (unpaired) electrons. The number of aromatic amines is 1. The third kappa shape index (κ3) is 4.96. The molecule has 170 valence electrons. The predicted octanol–water partition coefficient (Wildman–Crippen LogP) is 3.01. The molecule has 2 aliphatic rings. The van der Waals surface area contributed by atoms with E-state index in [9.17, 15) is 13.2 Å². The van der Waals surface area contributed by atoms with E-state index in [1.165, 1.54) is 25.7 Å². The molecule has 1 saturated heterocycles. The fourth-order valence-corrected chi connectivity index (χ4v) is 6.73. The Balaban J connectivity index is 1.35. The monoisotopic (exact) mass is 446 g/mol. The van der Waals surface area contributed by atoms with Crippen molar-refractivity contribution in [2.24, 2.45) is 5.73 Å². The Hall–Kier alpha value is -1.90. The maximum absolute atomic E-state index is 12.8. The van der Waals surface area contributed by atoms with Crippen LogP contribution in [0.5, 0.6) is 0 Å². The van der Waals surface area contributed by atoms with Crippen molar-refractivity contribution in [3.63, 3.8) is 0 Å². The minimum absolute atomic E-state index is 0.214. The van der Waals surface area contributed by atoms with Gasteiger partial charge in [0, 0.05) is 30.7 Å². The number of nitrogens with zero attached hydrogens (tertiary/aromatic N) is 1. The number of H-pyrrole nitrogens is 1. The van der Waals surface area contributed by atoms with Crippen LogP contribution in [0.1, 0.15) is 72.3 Å². The number of amides is 1. The van der Waals surface area contributed by atoms with Crippen LogP contribution in [0.4, 0.5) is 0 Å². The Labute approximate surface area is 184 Å². The smallest absolute Gasteiger partial charge is 0.250 e. The van der Waals surface area contributed by atoms with Crippen LogP contribution in [0.15, 0.2) is 18.3 Å². The highest BCUT2D eigenvalue weighted by atomic mass is 32.2. The predicted molar refractivity (Wildman–Crippen MR) is 124 cm³/mol. The van der Waals surface area contributed by atoms with E-state index in [0.29, 0.717) is 31.1 Å². The summed E-state index contributed by atoms with van der Waals surface area (Å²) < 4.78 is 27.2. The second-order valence-corrected chi connectivity index (χ2v) is 11.2. The Morgan fingerprint density at radius 1 is 1.19 bits per heavy atom. The van der Waals surface area contributed by atoms with Gasteiger partial charge in [0.2, 0.25) is 10.0 Å². The highest BCUT2D eigenvalue weighted by Crippen LogP contribution is 2.35. The minimum atomic E-state index is -3.21. The lowest BCUT2D eigenvalue weighted by Gasteiger charge is -2.31. The van der Waals surface area contributed by atoms with Gasteiger partial charge in [-0.05, 0) is 74.8 Å². The lowest BCUT2D eigenvalue weighted by molar-refractivity contribution is 0.100. The molecule has 2 heterocycles. The number of hydrogen-bond acceptors (Lipinski definition) is 4. The van der Waals surface area contributed by atoms with E-state index < -0.39 is 15.9 Å². The average molecular weight is 447 g/mol. The van der Waals surface area contributed by atoms with Crippen molar-refractivity contribution in [3.8, 4) is 0 Å². The highest BCUT2D eigenvalue weighted by molar-refractivity contribution is 7.89.